The van der Waals surface area contributed by atoms with Crippen LogP contribution in [0.2, 0.25) is 5.02 Å². The summed E-state index contributed by atoms with van der Waals surface area (Å²) in [6.45, 7) is 1.42. The Morgan fingerprint density at radius 1 is 1.28 bits per heavy atom. The summed E-state index contributed by atoms with van der Waals surface area (Å²) in [6, 6.07) is 7.66. The zero-order valence-electron chi connectivity index (χ0n) is 13.1. The van der Waals surface area contributed by atoms with Gasteiger partial charge in [0.15, 0.2) is 0 Å². The monoisotopic (exact) mass is 384 g/mol. The summed E-state index contributed by atoms with van der Waals surface area (Å²) in [7, 11) is -3.02. The molecule has 0 atom stereocenters. The van der Waals surface area contributed by atoms with Gasteiger partial charge in [0.2, 0.25) is 0 Å². The van der Waals surface area contributed by atoms with Crippen LogP contribution in [0.15, 0.2) is 41.3 Å². The number of carbonyl (C=O) groups is 1. The Morgan fingerprint density at radius 3 is 2.56 bits per heavy atom. The minimum absolute atomic E-state index is 0.00281. The van der Waals surface area contributed by atoms with E-state index in [1.165, 1.54) is 37.3 Å². The number of nitrogens with one attached hydrogen (secondary N) is 1. The number of esters is 1. The fraction of sp³-hybridized carbons (Fsp3) is 0.133. The highest BCUT2D eigenvalue weighted by atomic mass is 35.5. The summed E-state index contributed by atoms with van der Waals surface area (Å²) >= 11 is 5.94. The molecule has 25 heavy (non-hydrogen) atoms. The number of nitrogens with zero attached hydrogens (tertiary/aromatic N) is 1. The molecule has 1 N–H and O–H groups in total. The molecule has 8 nitrogen and oxygen atoms in total. The third-order valence-electron chi connectivity index (χ3n) is 3.39. The number of anilines is 1. The quantitative estimate of drug-likeness (QED) is 0.481. The lowest BCUT2D eigenvalue weighted by Gasteiger charge is -2.12. The van der Waals surface area contributed by atoms with Gasteiger partial charge in [0.1, 0.15) is 4.90 Å². The van der Waals surface area contributed by atoms with Crippen LogP contribution < -0.4 is 4.72 Å². The lowest BCUT2D eigenvalue weighted by Crippen LogP contribution is -2.15. The van der Waals surface area contributed by atoms with E-state index in [2.05, 4.69) is 9.46 Å². The number of ether oxygens (including phenoxy) is 1. The predicted molar refractivity (Wildman–Crippen MR) is 91.4 cm³/mol. The molecule has 0 aliphatic rings. The van der Waals surface area contributed by atoms with Crippen molar-refractivity contribution in [3.05, 3.63) is 62.7 Å². The largest absolute Gasteiger partial charge is 0.465 e. The van der Waals surface area contributed by atoms with Gasteiger partial charge < -0.3 is 4.74 Å². The first-order valence-electron chi connectivity index (χ1n) is 6.82. The van der Waals surface area contributed by atoms with Gasteiger partial charge in [-0.3, -0.25) is 14.8 Å². The zero-order valence-corrected chi connectivity index (χ0v) is 14.7. The third-order valence-corrected chi connectivity index (χ3v) is 5.24. The van der Waals surface area contributed by atoms with Crippen molar-refractivity contribution in [2.75, 3.05) is 11.8 Å². The zero-order chi connectivity index (χ0) is 18.8. The van der Waals surface area contributed by atoms with E-state index in [0.29, 0.717) is 0 Å². The maximum atomic E-state index is 12.6. The van der Waals surface area contributed by atoms with Crippen LogP contribution in [-0.4, -0.2) is 26.4 Å². The Kier molecular flexibility index (Phi) is 5.29. The highest BCUT2D eigenvalue weighted by Crippen LogP contribution is 2.29. The molecule has 0 amide bonds. The van der Waals surface area contributed by atoms with Crippen LogP contribution in [0.3, 0.4) is 0 Å². The van der Waals surface area contributed by atoms with Gasteiger partial charge in [0.05, 0.1) is 33.9 Å². The van der Waals surface area contributed by atoms with Gasteiger partial charge in [-0.2, -0.15) is 0 Å². The van der Waals surface area contributed by atoms with Crippen molar-refractivity contribution in [2.45, 2.75) is 11.8 Å². The fourth-order valence-corrected chi connectivity index (χ4v) is 3.74. The number of hydrogen-bond donors (Lipinski definition) is 1. The van der Waals surface area contributed by atoms with Crippen molar-refractivity contribution in [2.24, 2.45) is 0 Å². The van der Waals surface area contributed by atoms with Crippen molar-refractivity contribution in [1.82, 2.24) is 0 Å². The molecule has 0 aromatic heterocycles. The van der Waals surface area contributed by atoms with Gasteiger partial charge in [-0.15, -0.1) is 0 Å². The van der Waals surface area contributed by atoms with Crippen molar-refractivity contribution in [3.8, 4) is 0 Å². The molecule has 2 aromatic rings. The van der Waals surface area contributed by atoms with Crippen LogP contribution in [0.4, 0.5) is 11.4 Å². The molecule has 0 bridgehead atoms. The molecule has 0 fully saturated rings. The molecule has 0 spiro atoms. The minimum Gasteiger partial charge on any atom is -0.465 e. The molecule has 0 radical (unpaired) electrons. The summed E-state index contributed by atoms with van der Waals surface area (Å²) in [5.41, 5.74) is -0.0392. The van der Waals surface area contributed by atoms with Crippen LogP contribution >= 0.6 is 11.6 Å². The van der Waals surface area contributed by atoms with Crippen molar-refractivity contribution < 1.29 is 22.9 Å². The number of carbonyl (C=O) groups excluding carboxylic acids is 1. The van der Waals surface area contributed by atoms with E-state index >= 15 is 0 Å². The van der Waals surface area contributed by atoms with E-state index in [4.69, 9.17) is 11.6 Å². The first-order chi connectivity index (χ1) is 11.7. The van der Waals surface area contributed by atoms with Crippen LogP contribution in [0.5, 0.6) is 0 Å². The topological polar surface area (TPSA) is 116 Å². The SMILES string of the molecule is COC(=O)c1ccc(Cl)c(S(=O)(=O)Nc2cccc([N+](=O)[O-])c2C)c1. The van der Waals surface area contributed by atoms with Crippen molar-refractivity contribution in [1.29, 1.82) is 0 Å². The molecule has 2 aromatic carbocycles. The molecule has 0 unspecified atom stereocenters. The van der Waals surface area contributed by atoms with E-state index in [9.17, 15) is 23.3 Å². The molecule has 0 saturated heterocycles. The molecule has 0 saturated carbocycles. The summed E-state index contributed by atoms with van der Waals surface area (Å²) in [5.74, 6) is -0.723. The van der Waals surface area contributed by atoms with E-state index in [1.807, 2.05) is 0 Å². The van der Waals surface area contributed by atoms with Crippen LogP contribution in [0, 0.1) is 17.0 Å². The number of hydrogen-bond acceptors (Lipinski definition) is 6. The Labute approximate surface area is 148 Å². The smallest absolute Gasteiger partial charge is 0.337 e. The van der Waals surface area contributed by atoms with Crippen LogP contribution in [0.25, 0.3) is 0 Å². The molecular weight excluding hydrogens is 372 g/mol. The average molecular weight is 385 g/mol. The van der Waals surface area contributed by atoms with E-state index < -0.39 is 20.9 Å². The Morgan fingerprint density at radius 2 is 1.96 bits per heavy atom. The lowest BCUT2D eigenvalue weighted by molar-refractivity contribution is -0.385. The molecule has 0 aliphatic carbocycles. The van der Waals surface area contributed by atoms with Crippen molar-refractivity contribution >= 4 is 39.0 Å². The first kappa shape index (κ1) is 18.7. The van der Waals surface area contributed by atoms with E-state index in [1.54, 1.807) is 0 Å². The number of halogens is 1. The summed E-state index contributed by atoms with van der Waals surface area (Å²) in [6.07, 6.45) is 0. The highest BCUT2D eigenvalue weighted by molar-refractivity contribution is 7.92. The Hall–Kier alpha value is -2.65. The number of sulfonamides is 1. The van der Waals surface area contributed by atoms with Gasteiger partial charge in [0.25, 0.3) is 15.7 Å². The Balaban J connectivity index is 2.49. The molecule has 2 rings (SSSR count). The maximum Gasteiger partial charge on any atom is 0.337 e. The lowest BCUT2D eigenvalue weighted by atomic mass is 10.2. The standard InChI is InChI=1S/C15H13ClN2O6S/c1-9-12(4-3-5-13(9)18(20)21)17-25(22,23)14-8-10(15(19)24-2)6-7-11(14)16/h3-8,17H,1-2H3. The molecule has 132 valence electrons. The van der Waals surface area contributed by atoms with Crippen molar-refractivity contribution in [3.63, 3.8) is 0 Å². The van der Waals surface area contributed by atoms with Gasteiger partial charge in [-0.05, 0) is 31.2 Å². The number of nitro groups is 1. The second-order valence-corrected chi connectivity index (χ2v) is 7.01. The second kappa shape index (κ2) is 7.08. The minimum atomic E-state index is -4.19. The second-order valence-electron chi connectivity index (χ2n) is 4.95. The summed E-state index contributed by atoms with van der Waals surface area (Å²) < 4.78 is 32.0. The molecule has 10 heteroatoms. The number of methoxy groups -OCH3 is 1. The van der Waals surface area contributed by atoms with E-state index in [-0.39, 0.29) is 32.4 Å². The maximum absolute atomic E-state index is 12.6. The average Bonchev–Trinajstić information content (AvgIpc) is 2.55. The first-order valence-corrected chi connectivity index (χ1v) is 8.68. The fourth-order valence-electron chi connectivity index (χ4n) is 2.09. The van der Waals surface area contributed by atoms with Gasteiger partial charge in [-0.25, -0.2) is 13.2 Å². The highest BCUT2D eigenvalue weighted by Gasteiger charge is 2.23. The summed E-state index contributed by atoms with van der Waals surface area (Å²) in [4.78, 5) is 21.6. The molecular formula is C15H13ClN2O6S. The Bertz CT molecular complexity index is 958. The number of benzene rings is 2. The third kappa shape index (κ3) is 3.89. The van der Waals surface area contributed by atoms with Gasteiger partial charge in [0, 0.05) is 6.07 Å². The van der Waals surface area contributed by atoms with Crippen LogP contribution in [0.1, 0.15) is 15.9 Å². The van der Waals surface area contributed by atoms with E-state index in [0.717, 1.165) is 13.2 Å². The predicted octanol–water partition coefficient (Wildman–Crippen LogP) is 3.14. The summed E-state index contributed by atoms with van der Waals surface area (Å²) in [5, 5.41) is 10.9. The molecule has 0 aliphatic heterocycles. The normalized spacial score (nSPS) is 11.0. The van der Waals surface area contributed by atoms with Crippen LogP contribution in [-0.2, 0) is 14.8 Å². The van der Waals surface area contributed by atoms with Gasteiger partial charge >= 0.3 is 5.97 Å². The molecule has 0 heterocycles. The van der Waals surface area contributed by atoms with Gasteiger partial charge in [-0.1, -0.05) is 17.7 Å². The number of nitro benzene ring substituents is 1. The number of rotatable bonds is 5.